The topological polar surface area (TPSA) is 42.7 Å². The molecule has 0 fully saturated rings. The highest BCUT2D eigenvalue weighted by Gasteiger charge is 2.23. The van der Waals surface area contributed by atoms with E-state index in [1.54, 1.807) is 4.68 Å². The van der Waals surface area contributed by atoms with Crippen molar-refractivity contribution >= 4 is 38.5 Å². The van der Waals surface area contributed by atoms with Gasteiger partial charge in [0.05, 0.1) is 11.7 Å². The van der Waals surface area contributed by atoms with Crippen LogP contribution in [0.4, 0.5) is 4.39 Å². The van der Waals surface area contributed by atoms with Crippen molar-refractivity contribution in [2.24, 2.45) is 7.05 Å². The van der Waals surface area contributed by atoms with Gasteiger partial charge < -0.3 is 5.32 Å². The predicted molar refractivity (Wildman–Crippen MR) is 88.0 cm³/mol. The SMILES string of the molecule is CCCNC(c1ccc(F)cc1I)c1c(Br)nnn1C. The summed E-state index contributed by atoms with van der Waals surface area (Å²) in [6.07, 6.45) is 1.01. The quantitative estimate of drug-likeness (QED) is 0.707. The molecule has 7 heteroatoms. The first-order valence-electron chi connectivity index (χ1n) is 6.28. The van der Waals surface area contributed by atoms with Crippen LogP contribution in [0.2, 0.25) is 0 Å². The van der Waals surface area contributed by atoms with E-state index in [1.165, 1.54) is 12.1 Å². The standard InChI is InChI=1S/C13H15BrFIN4/c1-3-6-17-11(12-13(14)18-19-20(12)2)9-5-4-8(15)7-10(9)16/h4-5,7,11,17H,3,6H2,1-2H3. The third-order valence-electron chi connectivity index (χ3n) is 2.97. The number of hydrogen-bond acceptors (Lipinski definition) is 3. The molecule has 1 aromatic heterocycles. The van der Waals surface area contributed by atoms with E-state index in [1.807, 2.05) is 13.1 Å². The van der Waals surface area contributed by atoms with E-state index in [9.17, 15) is 4.39 Å². The van der Waals surface area contributed by atoms with Crippen molar-refractivity contribution in [1.29, 1.82) is 0 Å². The van der Waals surface area contributed by atoms with Crippen LogP contribution in [0.15, 0.2) is 22.8 Å². The Kier molecular flexibility index (Phi) is 5.50. The Morgan fingerprint density at radius 2 is 2.25 bits per heavy atom. The van der Waals surface area contributed by atoms with Crippen LogP contribution in [0.3, 0.4) is 0 Å². The highest BCUT2D eigenvalue weighted by Crippen LogP contribution is 2.30. The molecule has 0 aliphatic heterocycles. The van der Waals surface area contributed by atoms with Crippen LogP contribution in [-0.4, -0.2) is 21.5 Å². The molecule has 0 saturated carbocycles. The van der Waals surface area contributed by atoms with E-state index in [0.29, 0.717) is 4.60 Å². The zero-order valence-electron chi connectivity index (χ0n) is 11.2. The normalized spacial score (nSPS) is 12.7. The van der Waals surface area contributed by atoms with Gasteiger partial charge in [-0.1, -0.05) is 18.2 Å². The first-order valence-corrected chi connectivity index (χ1v) is 8.15. The van der Waals surface area contributed by atoms with E-state index >= 15 is 0 Å². The Labute approximate surface area is 139 Å². The smallest absolute Gasteiger partial charge is 0.153 e. The Morgan fingerprint density at radius 1 is 1.50 bits per heavy atom. The number of aryl methyl sites for hydroxylation is 1. The molecule has 2 rings (SSSR count). The first kappa shape index (κ1) is 15.8. The summed E-state index contributed by atoms with van der Waals surface area (Å²) in [6, 6.07) is 4.75. The van der Waals surface area contributed by atoms with Crippen molar-refractivity contribution in [1.82, 2.24) is 20.3 Å². The van der Waals surface area contributed by atoms with Gasteiger partial charge in [0.1, 0.15) is 5.82 Å². The number of halogens is 3. The fraction of sp³-hybridized carbons (Fsp3) is 0.385. The molecule has 1 heterocycles. The summed E-state index contributed by atoms with van der Waals surface area (Å²) in [7, 11) is 1.85. The van der Waals surface area contributed by atoms with Crippen LogP contribution in [0.5, 0.6) is 0 Å². The van der Waals surface area contributed by atoms with Crippen molar-refractivity contribution in [3.63, 3.8) is 0 Å². The van der Waals surface area contributed by atoms with Crippen molar-refractivity contribution in [2.75, 3.05) is 6.54 Å². The van der Waals surface area contributed by atoms with Crippen LogP contribution in [-0.2, 0) is 7.05 Å². The number of rotatable bonds is 5. The van der Waals surface area contributed by atoms with Crippen molar-refractivity contribution < 1.29 is 4.39 Å². The number of benzene rings is 1. The summed E-state index contributed by atoms with van der Waals surface area (Å²) >= 11 is 5.59. The average molecular weight is 453 g/mol. The average Bonchev–Trinajstić information content (AvgIpc) is 2.72. The highest BCUT2D eigenvalue weighted by atomic mass is 127. The Morgan fingerprint density at radius 3 is 2.80 bits per heavy atom. The molecule has 1 aromatic carbocycles. The third-order valence-corrected chi connectivity index (χ3v) is 4.47. The minimum Gasteiger partial charge on any atom is -0.305 e. The minimum atomic E-state index is -0.227. The van der Waals surface area contributed by atoms with Crippen molar-refractivity contribution in [3.05, 3.63) is 43.4 Å². The van der Waals surface area contributed by atoms with Gasteiger partial charge in [0.15, 0.2) is 4.60 Å². The fourth-order valence-electron chi connectivity index (χ4n) is 2.02. The summed E-state index contributed by atoms with van der Waals surface area (Å²) in [5, 5.41) is 11.5. The molecular formula is C13H15BrFIN4. The second-order valence-electron chi connectivity index (χ2n) is 4.44. The first-order chi connectivity index (χ1) is 9.54. The predicted octanol–water partition coefficient (Wildman–Crippen LogP) is 3.41. The number of nitrogens with one attached hydrogen (secondary N) is 1. The van der Waals surface area contributed by atoms with Crippen molar-refractivity contribution in [3.8, 4) is 0 Å². The lowest BCUT2D eigenvalue weighted by molar-refractivity contribution is 0.546. The van der Waals surface area contributed by atoms with E-state index in [-0.39, 0.29) is 11.9 Å². The molecule has 4 nitrogen and oxygen atoms in total. The minimum absolute atomic E-state index is 0.0724. The maximum absolute atomic E-state index is 13.3. The maximum atomic E-state index is 13.3. The van der Waals surface area contributed by atoms with Crippen LogP contribution in [0.25, 0.3) is 0 Å². The van der Waals surface area contributed by atoms with Gasteiger partial charge in [-0.05, 0) is 69.2 Å². The molecule has 1 unspecified atom stereocenters. The van der Waals surface area contributed by atoms with Crippen LogP contribution >= 0.6 is 38.5 Å². The summed E-state index contributed by atoms with van der Waals surface area (Å²) in [5.41, 5.74) is 1.95. The summed E-state index contributed by atoms with van der Waals surface area (Å²) < 4.78 is 16.6. The van der Waals surface area contributed by atoms with Crippen LogP contribution < -0.4 is 5.32 Å². The molecule has 0 spiro atoms. The lowest BCUT2D eigenvalue weighted by Gasteiger charge is -2.20. The van der Waals surface area contributed by atoms with Gasteiger partial charge >= 0.3 is 0 Å². The van der Waals surface area contributed by atoms with E-state index < -0.39 is 0 Å². The molecule has 0 saturated heterocycles. The van der Waals surface area contributed by atoms with E-state index in [2.05, 4.69) is 61.1 Å². The molecule has 108 valence electrons. The monoisotopic (exact) mass is 452 g/mol. The molecule has 20 heavy (non-hydrogen) atoms. The Bertz CT molecular complexity index is 583. The number of hydrogen-bond donors (Lipinski definition) is 1. The molecule has 0 aliphatic rings. The zero-order valence-corrected chi connectivity index (χ0v) is 14.9. The second-order valence-corrected chi connectivity index (χ2v) is 6.36. The van der Waals surface area contributed by atoms with Gasteiger partial charge in [0.25, 0.3) is 0 Å². The van der Waals surface area contributed by atoms with Gasteiger partial charge in [-0.2, -0.15) is 0 Å². The maximum Gasteiger partial charge on any atom is 0.153 e. The van der Waals surface area contributed by atoms with Gasteiger partial charge in [0, 0.05) is 10.6 Å². The molecule has 1 N–H and O–H groups in total. The molecule has 0 radical (unpaired) electrons. The molecular weight excluding hydrogens is 438 g/mol. The van der Waals surface area contributed by atoms with Crippen LogP contribution in [0.1, 0.15) is 30.6 Å². The Balaban J connectivity index is 2.47. The summed E-state index contributed by atoms with van der Waals surface area (Å²) in [4.78, 5) is 0. The summed E-state index contributed by atoms with van der Waals surface area (Å²) in [6.45, 7) is 2.96. The Hall–Kier alpha value is -0.540. The highest BCUT2D eigenvalue weighted by molar-refractivity contribution is 14.1. The van der Waals surface area contributed by atoms with Gasteiger partial charge in [-0.15, -0.1) is 5.10 Å². The van der Waals surface area contributed by atoms with Gasteiger partial charge in [-0.3, -0.25) is 0 Å². The van der Waals surface area contributed by atoms with Gasteiger partial charge in [0.2, 0.25) is 0 Å². The second kappa shape index (κ2) is 6.95. The molecule has 0 aliphatic carbocycles. The molecule has 2 aromatic rings. The zero-order chi connectivity index (χ0) is 14.7. The summed E-state index contributed by atoms with van der Waals surface area (Å²) in [5.74, 6) is -0.227. The van der Waals surface area contributed by atoms with Crippen molar-refractivity contribution in [2.45, 2.75) is 19.4 Å². The third kappa shape index (κ3) is 3.37. The number of nitrogens with zero attached hydrogens (tertiary/aromatic N) is 3. The van der Waals surface area contributed by atoms with Crippen LogP contribution in [0, 0.1) is 9.39 Å². The largest absolute Gasteiger partial charge is 0.305 e. The lowest BCUT2D eigenvalue weighted by Crippen LogP contribution is -2.26. The number of aromatic nitrogens is 3. The molecule has 0 bridgehead atoms. The fourth-order valence-corrected chi connectivity index (χ4v) is 3.37. The lowest BCUT2D eigenvalue weighted by atomic mass is 10.0. The molecule has 0 amide bonds. The molecule has 1 atom stereocenters. The van der Waals surface area contributed by atoms with Gasteiger partial charge in [-0.25, -0.2) is 9.07 Å². The van der Waals surface area contributed by atoms with E-state index in [4.69, 9.17) is 0 Å². The van der Waals surface area contributed by atoms with E-state index in [0.717, 1.165) is 27.8 Å².